The number of hydrogen-bond donors (Lipinski definition) is 2. The van der Waals surface area contributed by atoms with E-state index < -0.39 is 0 Å². The third-order valence-corrected chi connectivity index (χ3v) is 3.98. The minimum absolute atomic E-state index is 0.0613. The van der Waals surface area contributed by atoms with Crippen molar-refractivity contribution in [2.24, 2.45) is 0 Å². The van der Waals surface area contributed by atoms with Crippen LogP contribution in [0.25, 0.3) is 0 Å². The smallest absolute Gasteiger partial charge is 0.238 e. The van der Waals surface area contributed by atoms with Gasteiger partial charge in [0.2, 0.25) is 5.91 Å². The molecule has 1 saturated heterocycles. The lowest BCUT2D eigenvalue weighted by molar-refractivity contribution is -0.122. The number of amides is 1. The lowest BCUT2D eigenvalue weighted by Gasteiger charge is -2.22. The van der Waals surface area contributed by atoms with Gasteiger partial charge in [0.25, 0.3) is 0 Å². The Bertz CT molecular complexity index is 420. The van der Waals surface area contributed by atoms with Gasteiger partial charge in [0.1, 0.15) is 5.75 Å². The standard InChI is InChI=1S/C14H20N2O2S/c1-2-18-12-5-3-4-11(8-12)9-16-14(17)13-10-19-7-6-15-13/h3-5,8,13,15H,2,6-7,9-10H2,1H3,(H,16,17). The largest absolute Gasteiger partial charge is 0.494 e. The van der Waals surface area contributed by atoms with Crippen molar-refractivity contribution in [3.63, 3.8) is 0 Å². The monoisotopic (exact) mass is 280 g/mol. The lowest BCUT2D eigenvalue weighted by atomic mass is 10.2. The van der Waals surface area contributed by atoms with Crippen LogP contribution < -0.4 is 15.4 Å². The zero-order valence-electron chi connectivity index (χ0n) is 11.1. The van der Waals surface area contributed by atoms with Crippen molar-refractivity contribution in [3.8, 4) is 5.75 Å². The fraction of sp³-hybridized carbons (Fsp3) is 0.500. The first kappa shape index (κ1) is 14.2. The molecule has 2 rings (SSSR count). The molecule has 1 fully saturated rings. The predicted molar refractivity (Wildman–Crippen MR) is 78.6 cm³/mol. The topological polar surface area (TPSA) is 50.4 Å². The van der Waals surface area contributed by atoms with Crippen LogP contribution in [0.3, 0.4) is 0 Å². The summed E-state index contributed by atoms with van der Waals surface area (Å²) in [5.41, 5.74) is 1.06. The molecule has 104 valence electrons. The van der Waals surface area contributed by atoms with Crippen LogP contribution in [0.1, 0.15) is 12.5 Å². The van der Waals surface area contributed by atoms with Gasteiger partial charge in [-0.25, -0.2) is 0 Å². The molecule has 4 nitrogen and oxygen atoms in total. The summed E-state index contributed by atoms with van der Waals surface area (Å²) in [4.78, 5) is 12.0. The summed E-state index contributed by atoms with van der Waals surface area (Å²) >= 11 is 1.82. The summed E-state index contributed by atoms with van der Waals surface area (Å²) in [5, 5.41) is 6.20. The van der Waals surface area contributed by atoms with Crippen LogP contribution in [0.15, 0.2) is 24.3 Å². The summed E-state index contributed by atoms with van der Waals surface area (Å²) in [6.07, 6.45) is 0. The molecule has 1 atom stereocenters. The molecule has 1 aliphatic heterocycles. The van der Waals surface area contributed by atoms with Crippen LogP contribution >= 0.6 is 11.8 Å². The molecule has 1 amide bonds. The average Bonchev–Trinajstić information content (AvgIpc) is 2.46. The van der Waals surface area contributed by atoms with Crippen LogP contribution in [0.5, 0.6) is 5.75 Å². The van der Waals surface area contributed by atoms with Gasteiger partial charge < -0.3 is 15.4 Å². The Labute approximate surface area is 118 Å². The Balaban J connectivity index is 1.83. The van der Waals surface area contributed by atoms with Crippen LogP contribution in [0, 0.1) is 0 Å². The van der Waals surface area contributed by atoms with E-state index in [2.05, 4.69) is 10.6 Å². The van der Waals surface area contributed by atoms with Crippen molar-refractivity contribution >= 4 is 17.7 Å². The number of ether oxygens (including phenoxy) is 1. The van der Waals surface area contributed by atoms with Crippen molar-refractivity contribution in [3.05, 3.63) is 29.8 Å². The highest BCUT2D eigenvalue weighted by molar-refractivity contribution is 7.99. The molecule has 0 aliphatic carbocycles. The SMILES string of the molecule is CCOc1cccc(CNC(=O)C2CSCCN2)c1. The maximum Gasteiger partial charge on any atom is 0.238 e. The van der Waals surface area contributed by atoms with E-state index in [1.165, 1.54) is 0 Å². The van der Waals surface area contributed by atoms with Gasteiger partial charge in [-0.3, -0.25) is 4.79 Å². The minimum Gasteiger partial charge on any atom is -0.494 e. The molecule has 1 unspecified atom stereocenters. The highest BCUT2D eigenvalue weighted by Gasteiger charge is 2.20. The number of carbonyl (C=O) groups is 1. The van der Waals surface area contributed by atoms with E-state index in [0.29, 0.717) is 13.2 Å². The number of nitrogens with one attached hydrogen (secondary N) is 2. The van der Waals surface area contributed by atoms with E-state index in [1.54, 1.807) is 0 Å². The zero-order chi connectivity index (χ0) is 13.5. The van der Waals surface area contributed by atoms with E-state index in [4.69, 9.17) is 4.74 Å². The Hall–Kier alpha value is -1.20. The molecule has 0 aromatic heterocycles. The summed E-state index contributed by atoms with van der Waals surface area (Å²) < 4.78 is 5.44. The third-order valence-electron chi connectivity index (χ3n) is 2.91. The first-order valence-electron chi connectivity index (χ1n) is 6.60. The first-order chi connectivity index (χ1) is 9.29. The molecular formula is C14H20N2O2S. The second-order valence-electron chi connectivity index (χ2n) is 4.38. The van der Waals surface area contributed by atoms with Crippen molar-refractivity contribution in [1.29, 1.82) is 0 Å². The van der Waals surface area contributed by atoms with Crippen molar-refractivity contribution < 1.29 is 9.53 Å². The molecule has 1 aromatic rings. The van der Waals surface area contributed by atoms with E-state index in [9.17, 15) is 4.79 Å². The second-order valence-corrected chi connectivity index (χ2v) is 5.53. The molecule has 1 heterocycles. The average molecular weight is 280 g/mol. The van der Waals surface area contributed by atoms with Gasteiger partial charge in [0.05, 0.1) is 12.6 Å². The molecule has 0 spiro atoms. The first-order valence-corrected chi connectivity index (χ1v) is 7.75. The van der Waals surface area contributed by atoms with Crippen molar-refractivity contribution in [1.82, 2.24) is 10.6 Å². The third kappa shape index (κ3) is 4.44. The van der Waals surface area contributed by atoms with E-state index in [0.717, 1.165) is 29.4 Å². The van der Waals surface area contributed by atoms with Gasteiger partial charge in [-0.2, -0.15) is 11.8 Å². The summed E-state index contributed by atoms with van der Waals surface area (Å²) in [6, 6.07) is 7.77. The van der Waals surface area contributed by atoms with Crippen LogP contribution in [-0.4, -0.2) is 36.6 Å². The highest BCUT2D eigenvalue weighted by Crippen LogP contribution is 2.13. The van der Waals surface area contributed by atoms with Crippen LogP contribution in [0.2, 0.25) is 0 Å². The molecule has 2 N–H and O–H groups in total. The van der Waals surface area contributed by atoms with E-state index in [-0.39, 0.29) is 11.9 Å². The van der Waals surface area contributed by atoms with E-state index in [1.807, 2.05) is 43.0 Å². The Kier molecular flexibility index (Phi) is 5.54. The number of hydrogen-bond acceptors (Lipinski definition) is 4. The fourth-order valence-electron chi connectivity index (χ4n) is 1.96. The van der Waals surface area contributed by atoms with Crippen molar-refractivity contribution in [2.45, 2.75) is 19.5 Å². The van der Waals surface area contributed by atoms with Gasteiger partial charge in [0.15, 0.2) is 0 Å². The highest BCUT2D eigenvalue weighted by atomic mass is 32.2. The predicted octanol–water partition coefficient (Wildman–Crippen LogP) is 1.41. The Morgan fingerprint density at radius 3 is 3.21 bits per heavy atom. The van der Waals surface area contributed by atoms with Gasteiger partial charge in [-0.1, -0.05) is 12.1 Å². The van der Waals surface area contributed by atoms with Gasteiger partial charge in [-0.05, 0) is 24.6 Å². The molecule has 0 bridgehead atoms. The molecule has 0 saturated carbocycles. The van der Waals surface area contributed by atoms with Gasteiger partial charge in [0, 0.05) is 24.6 Å². The maximum absolute atomic E-state index is 12.0. The summed E-state index contributed by atoms with van der Waals surface area (Å²) in [7, 11) is 0. The molecule has 1 aliphatic rings. The quantitative estimate of drug-likeness (QED) is 0.856. The number of benzene rings is 1. The fourth-order valence-corrected chi connectivity index (χ4v) is 2.89. The Morgan fingerprint density at radius 1 is 1.58 bits per heavy atom. The second kappa shape index (κ2) is 7.40. The molecule has 5 heteroatoms. The Morgan fingerprint density at radius 2 is 2.47 bits per heavy atom. The van der Waals surface area contributed by atoms with Crippen LogP contribution in [0.4, 0.5) is 0 Å². The molecular weight excluding hydrogens is 260 g/mol. The molecule has 1 aromatic carbocycles. The zero-order valence-corrected chi connectivity index (χ0v) is 12.0. The van der Waals surface area contributed by atoms with E-state index >= 15 is 0 Å². The normalized spacial score (nSPS) is 18.9. The number of thioether (sulfide) groups is 1. The minimum atomic E-state index is -0.0613. The number of rotatable bonds is 5. The van der Waals surface area contributed by atoms with Crippen molar-refractivity contribution in [2.75, 3.05) is 24.7 Å². The number of carbonyl (C=O) groups excluding carboxylic acids is 1. The lowest BCUT2D eigenvalue weighted by Crippen LogP contribution is -2.48. The molecule has 0 radical (unpaired) electrons. The van der Waals surface area contributed by atoms with Crippen LogP contribution in [-0.2, 0) is 11.3 Å². The van der Waals surface area contributed by atoms with Gasteiger partial charge in [-0.15, -0.1) is 0 Å². The van der Waals surface area contributed by atoms with Gasteiger partial charge >= 0.3 is 0 Å². The molecule has 19 heavy (non-hydrogen) atoms. The summed E-state index contributed by atoms with van der Waals surface area (Å²) in [6.45, 7) is 4.06. The maximum atomic E-state index is 12.0. The summed E-state index contributed by atoms with van der Waals surface area (Å²) in [5.74, 6) is 2.86.